The Labute approximate surface area is 162 Å². The molecule has 4 rings (SSSR count). The van der Waals surface area contributed by atoms with Gasteiger partial charge in [-0.05, 0) is 55.5 Å². The highest BCUT2D eigenvalue weighted by molar-refractivity contribution is 5.43. The van der Waals surface area contributed by atoms with Gasteiger partial charge in [0.25, 0.3) is 0 Å². The van der Waals surface area contributed by atoms with Crippen LogP contribution in [0.1, 0.15) is 41.5 Å². The smallest absolute Gasteiger partial charge is 0.122 e. The van der Waals surface area contributed by atoms with Crippen LogP contribution in [0.15, 0.2) is 36.7 Å². The molecule has 0 radical (unpaired) electrons. The summed E-state index contributed by atoms with van der Waals surface area (Å²) in [7, 11) is 1.73. The van der Waals surface area contributed by atoms with Crippen molar-refractivity contribution in [1.29, 1.82) is 0 Å². The first-order valence-electron chi connectivity index (χ1n) is 10.0. The third-order valence-corrected chi connectivity index (χ3v) is 6.89. The van der Waals surface area contributed by atoms with Gasteiger partial charge in [0.15, 0.2) is 0 Å². The van der Waals surface area contributed by atoms with Crippen LogP contribution in [0.25, 0.3) is 0 Å². The van der Waals surface area contributed by atoms with Crippen LogP contribution in [0.3, 0.4) is 0 Å². The van der Waals surface area contributed by atoms with Gasteiger partial charge >= 0.3 is 0 Å². The first-order valence-corrected chi connectivity index (χ1v) is 10.0. The molecule has 1 N–H and O–H groups in total. The van der Waals surface area contributed by atoms with Gasteiger partial charge < -0.3 is 9.84 Å². The maximum Gasteiger partial charge on any atom is 0.122 e. The van der Waals surface area contributed by atoms with E-state index in [1.807, 2.05) is 18.3 Å². The van der Waals surface area contributed by atoms with Crippen LogP contribution in [0.5, 0.6) is 5.75 Å². The maximum absolute atomic E-state index is 11.7. The molecular formula is C23H30N2O2. The summed E-state index contributed by atoms with van der Waals surface area (Å²) in [5.74, 6) is 1.50. The molecule has 4 nitrogen and oxygen atoms in total. The lowest BCUT2D eigenvalue weighted by molar-refractivity contribution is -0.148. The number of pyridine rings is 1. The minimum absolute atomic E-state index is 0.272. The van der Waals surface area contributed by atoms with E-state index in [-0.39, 0.29) is 11.8 Å². The molecule has 0 spiro atoms. The predicted molar refractivity (Wildman–Crippen MR) is 107 cm³/mol. The average Bonchev–Trinajstić information content (AvgIpc) is 2.67. The summed E-state index contributed by atoms with van der Waals surface area (Å²) in [6, 6.07) is 8.26. The summed E-state index contributed by atoms with van der Waals surface area (Å²) in [5, 5.41) is 11.7. The highest BCUT2D eigenvalue weighted by Crippen LogP contribution is 2.49. The molecule has 1 aliphatic carbocycles. The van der Waals surface area contributed by atoms with Gasteiger partial charge in [-0.15, -0.1) is 0 Å². The van der Waals surface area contributed by atoms with Gasteiger partial charge in [-0.25, -0.2) is 0 Å². The van der Waals surface area contributed by atoms with Crippen LogP contribution in [-0.4, -0.2) is 35.2 Å². The van der Waals surface area contributed by atoms with E-state index in [4.69, 9.17) is 4.74 Å². The zero-order chi connectivity index (χ0) is 19.0. The average molecular weight is 367 g/mol. The molecule has 4 heteroatoms. The normalized spacial score (nSPS) is 28.1. The van der Waals surface area contributed by atoms with Gasteiger partial charge in [0.2, 0.25) is 0 Å². The van der Waals surface area contributed by atoms with Crippen molar-refractivity contribution in [3.8, 4) is 5.75 Å². The Morgan fingerprint density at radius 1 is 1.15 bits per heavy atom. The fraction of sp³-hybridized carbons (Fsp3) is 0.522. The number of fused-ring (bicyclic) bond motifs is 2. The van der Waals surface area contributed by atoms with E-state index in [0.29, 0.717) is 0 Å². The van der Waals surface area contributed by atoms with Gasteiger partial charge in [0.1, 0.15) is 5.75 Å². The number of likely N-dealkylation sites (tertiary alicyclic amines) is 1. The van der Waals surface area contributed by atoms with Crippen LogP contribution in [0.4, 0.5) is 0 Å². The van der Waals surface area contributed by atoms with Crippen LogP contribution >= 0.6 is 0 Å². The third kappa shape index (κ3) is 3.15. The highest BCUT2D eigenvalue weighted by Gasteiger charge is 2.51. The number of aromatic nitrogens is 1. The third-order valence-electron chi connectivity index (χ3n) is 6.89. The number of nitrogens with zero attached hydrogens (tertiary/aromatic N) is 2. The van der Waals surface area contributed by atoms with E-state index in [1.54, 1.807) is 13.3 Å². The van der Waals surface area contributed by atoms with Gasteiger partial charge in [-0.3, -0.25) is 9.88 Å². The van der Waals surface area contributed by atoms with Crippen LogP contribution in [-0.2, 0) is 12.1 Å². The van der Waals surface area contributed by atoms with Gasteiger partial charge in [-0.2, -0.15) is 0 Å². The van der Waals surface area contributed by atoms with Crippen LogP contribution in [0, 0.1) is 25.7 Å². The van der Waals surface area contributed by atoms with Crippen LogP contribution in [0.2, 0.25) is 0 Å². The first kappa shape index (κ1) is 18.5. The number of rotatable bonds is 4. The molecular weight excluding hydrogens is 336 g/mol. The van der Waals surface area contributed by atoms with E-state index >= 15 is 0 Å². The van der Waals surface area contributed by atoms with Gasteiger partial charge in [0.05, 0.1) is 12.7 Å². The van der Waals surface area contributed by atoms with E-state index in [2.05, 4.69) is 35.9 Å². The summed E-state index contributed by atoms with van der Waals surface area (Å²) in [5.41, 5.74) is 4.16. The van der Waals surface area contributed by atoms with E-state index < -0.39 is 5.60 Å². The summed E-state index contributed by atoms with van der Waals surface area (Å²) in [4.78, 5) is 6.81. The van der Waals surface area contributed by atoms with Crippen molar-refractivity contribution in [2.75, 3.05) is 20.2 Å². The summed E-state index contributed by atoms with van der Waals surface area (Å²) in [6.07, 6.45) is 7.02. The predicted octanol–water partition coefficient (Wildman–Crippen LogP) is 3.83. The minimum atomic E-state index is -0.728. The van der Waals surface area contributed by atoms with Gasteiger partial charge in [0, 0.05) is 49.4 Å². The summed E-state index contributed by atoms with van der Waals surface area (Å²) >= 11 is 0. The molecule has 2 aliphatic rings. The number of hydrogen-bond donors (Lipinski definition) is 1. The molecule has 2 unspecified atom stereocenters. The Kier molecular flexibility index (Phi) is 4.95. The fourth-order valence-corrected chi connectivity index (χ4v) is 5.23. The van der Waals surface area contributed by atoms with Crippen molar-refractivity contribution in [2.24, 2.45) is 11.8 Å². The quantitative estimate of drug-likeness (QED) is 0.893. The Bertz CT molecular complexity index is 792. The van der Waals surface area contributed by atoms with Crippen molar-refractivity contribution in [3.05, 3.63) is 58.9 Å². The Morgan fingerprint density at radius 3 is 2.52 bits per heavy atom. The van der Waals surface area contributed by atoms with Crippen molar-refractivity contribution >= 4 is 0 Å². The van der Waals surface area contributed by atoms with Crippen LogP contribution < -0.4 is 4.74 Å². The standard InChI is InChI=1S/C23H30N2O2/c1-16-17(2)22(27-3)10-9-18(16)13-25-14-20-6-4-7-21(15-25)23(20,26)19-8-5-11-24-12-19/h5,8-12,20-21,26H,4,6-7,13-15H2,1-3H3. The highest BCUT2D eigenvalue weighted by atomic mass is 16.5. The zero-order valence-electron chi connectivity index (χ0n) is 16.6. The number of methoxy groups -OCH3 is 1. The van der Waals surface area contributed by atoms with E-state index in [0.717, 1.165) is 43.8 Å². The second-order valence-electron chi connectivity index (χ2n) is 8.26. The number of benzene rings is 1. The van der Waals surface area contributed by atoms with E-state index in [1.165, 1.54) is 23.1 Å². The topological polar surface area (TPSA) is 45.6 Å². The van der Waals surface area contributed by atoms with E-state index in [9.17, 15) is 5.11 Å². The summed E-state index contributed by atoms with van der Waals surface area (Å²) < 4.78 is 5.46. The number of piperidine rings is 1. The second kappa shape index (κ2) is 7.25. The SMILES string of the molecule is COc1ccc(CN2CC3CCCC(C2)C3(O)c2cccnc2)c(C)c1C. The monoisotopic (exact) mass is 366 g/mol. The summed E-state index contributed by atoms with van der Waals surface area (Å²) in [6.45, 7) is 7.12. The molecule has 1 saturated heterocycles. The largest absolute Gasteiger partial charge is 0.496 e. The lowest BCUT2D eigenvalue weighted by Gasteiger charge is -2.53. The second-order valence-corrected chi connectivity index (χ2v) is 8.26. The Balaban J connectivity index is 1.57. The number of aliphatic hydroxyl groups is 1. The number of hydrogen-bond acceptors (Lipinski definition) is 4. The molecule has 2 aromatic rings. The minimum Gasteiger partial charge on any atom is -0.496 e. The van der Waals surface area contributed by atoms with Crippen molar-refractivity contribution < 1.29 is 9.84 Å². The number of ether oxygens (including phenoxy) is 1. The zero-order valence-corrected chi connectivity index (χ0v) is 16.6. The Hall–Kier alpha value is -1.91. The molecule has 2 heterocycles. The Morgan fingerprint density at radius 2 is 1.89 bits per heavy atom. The molecule has 1 aromatic heterocycles. The molecule has 1 aliphatic heterocycles. The molecule has 1 aromatic carbocycles. The molecule has 1 saturated carbocycles. The van der Waals surface area contributed by atoms with Crippen molar-refractivity contribution in [2.45, 2.75) is 45.3 Å². The molecule has 144 valence electrons. The lowest BCUT2D eigenvalue weighted by atomic mass is 9.63. The molecule has 2 bridgehead atoms. The maximum atomic E-state index is 11.7. The van der Waals surface area contributed by atoms with Crippen molar-refractivity contribution in [3.63, 3.8) is 0 Å². The first-order chi connectivity index (χ1) is 13.0. The van der Waals surface area contributed by atoms with Gasteiger partial charge in [-0.1, -0.05) is 18.6 Å². The molecule has 0 amide bonds. The fourth-order valence-electron chi connectivity index (χ4n) is 5.23. The molecule has 2 atom stereocenters. The molecule has 27 heavy (non-hydrogen) atoms. The molecule has 2 fully saturated rings. The van der Waals surface area contributed by atoms with Crippen molar-refractivity contribution in [1.82, 2.24) is 9.88 Å². The lowest BCUT2D eigenvalue weighted by Crippen LogP contribution is -2.57.